The number of hydrogen-bond donors (Lipinski definition) is 2. The van der Waals surface area contributed by atoms with Crippen LogP contribution in [0, 0.1) is 5.92 Å². The minimum absolute atomic E-state index is 0.0179. The second-order valence-corrected chi connectivity index (χ2v) is 4.05. The number of nitrogens with one attached hydrogen (secondary N) is 1. The van der Waals surface area contributed by atoms with Crippen molar-refractivity contribution in [1.29, 1.82) is 0 Å². The number of rotatable bonds is 3. The molecule has 2 N–H and O–H groups in total. The molecule has 5 heteroatoms. The number of urea groups is 1. The Bertz CT molecular complexity index is 235. The highest BCUT2D eigenvalue weighted by Crippen LogP contribution is 2.15. The lowest BCUT2D eigenvalue weighted by Gasteiger charge is -2.30. The molecule has 0 bridgehead atoms. The van der Waals surface area contributed by atoms with Crippen molar-refractivity contribution in [3.63, 3.8) is 0 Å². The Labute approximate surface area is 89.4 Å². The summed E-state index contributed by atoms with van der Waals surface area (Å²) in [4.78, 5) is 23.5. The van der Waals surface area contributed by atoms with E-state index in [1.807, 2.05) is 0 Å². The van der Waals surface area contributed by atoms with Gasteiger partial charge in [0.2, 0.25) is 0 Å². The first-order chi connectivity index (χ1) is 7.09. The molecule has 1 heterocycles. The van der Waals surface area contributed by atoms with Crippen molar-refractivity contribution in [2.75, 3.05) is 19.6 Å². The zero-order chi connectivity index (χ0) is 11.3. The minimum atomic E-state index is -0.887. The summed E-state index contributed by atoms with van der Waals surface area (Å²) in [5.41, 5.74) is 0. The molecule has 1 aliphatic heterocycles. The summed E-state index contributed by atoms with van der Waals surface area (Å²) < 4.78 is 0. The third-order valence-electron chi connectivity index (χ3n) is 2.69. The molecule has 1 fully saturated rings. The summed E-state index contributed by atoms with van der Waals surface area (Å²) in [6.07, 6.45) is 2.05. The van der Waals surface area contributed by atoms with E-state index in [0.717, 1.165) is 25.9 Å². The highest BCUT2D eigenvalue weighted by Gasteiger charge is 2.19. The first-order valence-corrected chi connectivity index (χ1v) is 5.34. The van der Waals surface area contributed by atoms with E-state index in [2.05, 4.69) is 12.2 Å². The third kappa shape index (κ3) is 4.18. The summed E-state index contributed by atoms with van der Waals surface area (Å²) in [7, 11) is 0. The fraction of sp³-hybridized carbons (Fsp3) is 0.800. The second-order valence-electron chi connectivity index (χ2n) is 4.05. The molecular weight excluding hydrogens is 196 g/mol. The molecule has 15 heavy (non-hydrogen) atoms. The van der Waals surface area contributed by atoms with Crippen molar-refractivity contribution in [2.24, 2.45) is 5.92 Å². The maximum atomic E-state index is 11.5. The van der Waals surface area contributed by atoms with Crippen molar-refractivity contribution < 1.29 is 14.7 Å². The average Bonchev–Trinajstić information content (AvgIpc) is 2.18. The monoisotopic (exact) mass is 214 g/mol. The van der Waals surface area contributed by atoms with Crippen molar-refractivity contribution in [3.8, 4) is 0 Å². The van der Waals surface area contributed by atoms with Crippen LogP contribution in [0.25, 0.3) is 0 Å². The third-order valence-corrected chi connectivity index (χ3v) is 2.69. The van der Waals surface area contributed by atoms with E-state index < -0.39 is 5.97 Å². The van der Waals surface area contributed by atoms with Gasteiger partial charge in [0, 0.05) is 19.6 Å². The number of nitrogens with zero attached hydrogens (tertiary/aromatic N) is 1. The van der Waals surface area contributed by atoms with Crippen LogP contribution in [0.4, 0.5) is 4.79 Å². The van der Waals surface area contributed by atoms with Crippen LogP contribution >= 0.6 is 0 Å². The Hall–Kier alpha value is -1.26. The van der Waals surface area contributed by atoms with E-state index in [1.165, 1.54) is 0 Å². The summed E-state index contributed by atoms with van der Waals surface area (Å²) in [5.74, 6) is -0.198. The summed E-state index contributed by atoms with van der Waals surface area (Å²) in [5, 5.41) is 11.0. The van der Waals surface area contributed by atoms with Gasteiger partial charge in [-0.2, -0.15) is 0 Å². The lowest BCUT2D eigenvalue weighted by atomic mass is 10.00. The summed E-state index contributed by atoms with van der Waals surface area (Å²) in [6, 6.07) is -0.136. The predicted octanol–water partition coefficient (Wildman–Crippen LogP) is 0.903. The largest absolute Gasteiger partial charge is 0.481 e. The van der Waals surface area contributed by atoms with Crippen LogP contribution in [0.1, 0.15) is 26.2 Å². The van der Waals surface area contributed by atoms with Gasteiger partial charge >= 0.3 is 12.0 Å². The molecule has 1 saturated heterocycles. The Morgan fingerprint density at radius 3 is 2.53 bits per heavy atom. The molecule has 1 rings (SSSR count). The number of aliphatic carboxylic acids is 1. The lowest BCUT2D eigenvalue weighted by molar-refractivity contribution is -0.136. The molecule has 0 aromatic rings. The van der Waals surface area contributed by atoms with Crippen LogP contribution in [0.3, 0.4) is 0 Å². The molecule has 0 unspecified atom stereocenters. The van der Waals surface area contributed by atoms with Gasteiger partial charge in [0.1, 0.15) is 0 Å². The van der Waals surface area contributed by atoms with Crippen LogP contribution in [-0.4, -0.2) is 41.6 Å². The van der Waals surface area contributed by atoms with E-state index in [1.54, 1.807) is 4.90 Å². The molecule has 0 radical (unpaired) electrons. The number of carboxylic acids is 1. The molecular formula is C10H18N2O3. The van der Waals surface area contributed by atoms with Crippen LogP contribution in [0.2, 0.25) is 0 Å². The Kier molecular flexibility index (Phi) is 4.39. The second kappa shape index (κ2) is 5.58. The van der Waals surface area contributed by atoms with Crippen molar-refractivity contribution in [2.45, 2.75) is 26.2 Å². The molecule has 86 valence electrons. The van der Waals surface area contributed by atoms with Crippen molar-refractivity contribution in [3.05, 3.63) is 0 Å². The number of amides is 2. The molecule has 2 amide bonds. The van der Waals surface area contributed by atoms with Crippen LogP contribution in [0.5, 0.6) is 0 Å². The van der Waals surface area contributed by atoms with E-state index in [0.29, 0.717) is 5.92 Å². The molecule has 0 aromatic carbocycles. The number of carbonyl (C=O) groups is 2. The Morgan fingerprint density at radius 2 is 2.00 bits per heavy atom. The van der Waals surface area contributed by atoms with Crippen molar-refractivity contribution >= 4 is 12.0 Å². The van der Waals surface area contributed by atoms with Gasteiger partial charge in [-0.05, 0) is 18.8 Å². The van der Waals surface area contributed by atoms with E-state index in [4.69, 9.17) is 5.11 Å². The molecule has 0 aliphatic carbocycles. The van der Waals surface area contributed by atoms with Gasteiger partial charge < -0.3 is 15.3 Å². The standard InChI is InChI=1S/C10H18N2O3/c1-8-3-6-12(7-4-8)10(15)11-5-2-9(13)14/h8H,2-7H2,1H3,(H,11,15)(H,13,14). The van der Waals surface area contributed by atoms with Gasteiger partial charge in [-0.1, -0.05) is 6.92 Å². The number of hydrogen-bond acceptors (Lipinski definition) is 2. The van der Waals surface area contributed by atoms with Gasteiger partial charge in [-0.25, -0.2) is 4.79 Å². The van der Waals surface area contributed by atoms with Crippen LogP contribution in [-0.2, 0) is 4.79 Å². The highest BCUT2D eigenvalue weighted by molar-refractivity contribution is 5.75. The van der Waals surface area contributed by atoms with Gasteiger partial charge in [0.25, 0.3) is 0 Å². The maximum absolute atomic E-state index is 11.5. The Balaban J connectivity index is 2.19. The van der Waals surface area contributed by atoms with Gasteiger partial charge in [-0.3, -0.25) is 4.79 Å². The average molecular weight is 214 g/mol. The lowest BCUT2D eigenvalue weighted by Crippen LogP contribution is -2.44. The van der Waals surface area contributed by atoms with Gasteiger partial charge in [-0.15, -0.1) is 0 Å². The number of carbonyl (C=O) groups excluding carboxylic acids is 1. The molecule has 0 atom stereocenters. The number of carboxylic acid groups (broad SMARTS) is 1. The van der Waals surface area contributed by atoms with E-state index in [-0.39, 0.29) is 19.0 Å². The van der Waals surface area contributed by atoms with Crippen LogP contribution < -0.4 is 5.32 Å². The van der Waals surface area contributed by atoms with Crippen LogP contribution in [0.15, 0.2) is 0 Å². The van der Waals surface area contributed by atoms with Gasteiger partial charge in [0.05, 0.1) is 6.42 Å². The fourth-order valence-electron chi connectivity index (χ4n) is 1.60. The summed E-state index contributed by atoms with van der Waals surface area (Å²) >= 11 is 0. The number of piperidine rings is 1. The van der Waals surface area contributed by atoms with Crippen molar-refractivity contribution in [1.82, 2.24) is 10.2 Å². The van der Waals surface area contributed by atoms with E-state index >= 15 is 0 Å². The summed E-state index contributed by atoms with van der Waals surface area (Å²) in [6.45, 7) is 3.94. The zero-order valence-electron chi connectivity index (χ0n) is 9.03. The molecule has 5 nitrogen and oxygen atoms in total. The molecule has 0 spiro atoms. The molecule has 1 aliphatic rings. The Morgan fingerprint density at radius 1 is 1.40 bits per heavy atom. The molecule has 0 saturated carbocycles. The first kappa shape index (κ1) is 11.8. The van der Waals surface area contributed by atoms with E-state index in [9.17, 15) is 9.59 Å². The number of likely N-dealkylation sites (tertiary alicyclic amines) is 1. The SMILES string of the molecule is CC1CCN(C(=O)NCCC(=O)O)CC1. The smallest absolute Gasteiger partial charge is 0.317 e. The normalized spacial score (nSPS) is 17.5. The zero-order valence-corrected chi connectivity index (χ0v) is 9.03. The minimum Gasteiger partial charge on any atom is -0.481 e. The quantitative estimate of drug-likeness (QED) is 0.733. The predicted molar refractivity (Wildman–Crippen MR) is 55.6 cm³/mol. The topological polar surface area (TPSA) is 69.6 Å². The maximum Gasteiger partial charge on any atom is 0.317 e. The fourth-order valence-corrected chi connectivity index (χ4v) is 1.60. The first-order valence-electron chi connectivity index (χ1n) is 5.34. The molecule has 0 aromatic heterocycles. The van der Waals surface area contributed by atoms with Gasteiger partial charge in [0.15, 0.2) is 0 Å². The highest BCUT2D eigenvalue weighted by atomic mass is 16.4.